The number of nitrogens with two attached hydrogens (primary N) is 1. The summed E-state index contributed by atoms with van der Waals surface area (Å²) in [6, 6.07) is -1.41. The maximum atomic E-state index is 13.4. The highest BCUT2D eigenvalue weighted by molar-refractivity contribution is 5.78. The second kappa shape index (κ2) is 4.88. The highest BCUT2D eigenvalue weighted by atomic mass is 19.3. The summed E-state index contributed by atoms with van der Waals surface area (Å²) in [5.41, 5.74) is 5.45. The molecular weight excluding hydrogens is 204 g/mol. The minimum absolute atomic E-state index is 0.271. The van der Waals surface area contributed by atoms with Crippen molar-refractivity contribution in [2.45, 2.75) is 44.1 Å². The summed E-state index contributed by atoms with van der Waals surface area (Å²) in [6.45, 7) is 0. The summed E-state index contributed by atoms with van der Waals surface area (Å²) in [4.78, 5) is 10.9. The number of hydrogen-bond donors (Lipinski definition) is 1. The summed E-state index contributed by atoms with van der Waals surface area (Å²) in [5.74, 6) is -5.36. The molecule has 1 aliphatic rings. The van der Waals surface area contributed by atoms with E-state index in [1.165, 1.54) is 0 Å². The minimum atomic E-state index is -3.56. The van der Waals surface area contributed by atoms with Crippen molar-refractivity contribution in [3.8, 4) is 0 Å². The van der Waals surface area contributed by atoms with Gasteiger partial charge in [-0.05, 0) is 18.8 Å². The Bertz CT molecular complexity index is 227. The van der Waals surface area contributed by atoms with Crippen LogP contribution in [-0.2, 0) is 9.53 Å². The van der Waals surface area contributed by atoms with E-state index in [-0.39, 0.29) is 5.92 Å². The van der Waals surface area contributed by atoms with Crippen LogP contribution in [0.15, 0.2) is 0 Å². The molecule has 1 atom stereocenters. The van der Waals surface area contributed by atoms with Crippen molar-refractivity contribution in [2.75, 3.05) is 7.11 Å². The number of alkyl halides is 2. The molecule has 0 radical (unpaired) electrons. The van der Waals surface area contributed by atoms with Crippen molar-refractivity contribution in [3.63, 3.8) is 0 Å². The third-order valence-electron chi connectivity index (χ3n) is 3.03. The topological polar surface area (TPSA) is 52.3 Å². The van der Waals surface area contributed by atoms with Crippen molar-refractivity contribution in [1.82, 2.24) is 0 Å². The van der Waals surface area contributed by atoms with E-state index in [1.54, 1.807) is 0 Å². The molecule has 1 unspecified atom stereocenters. The largest absolute Gasteiger partial charge is 0.465 e. The molecule has 0 saturated heterocycles. The van der Waals surface area contributed by atoms with Crippen molar-refractivity contribution < 1.29 is 18.3 Å². The maximum Gasteiger partial charge on any atom is 0.378 e. The second-order valence-corrected chi connectivity index (χ2v) is 4.04. The van der Waals surface area contributed by atoms with Gasteiger partial charge in [-0.3, -0.25) is 0 Å². The van der Waals surface area contributed by atoms with Crippen molar-refractivity contribution in [3.05, 3.63) is 0 Å². The lowest BCUT2D eigenvalue weighted by Crippen LogP contribution is -2.52. The monoisotopic (exact) mass is 221 g/mol. The van der Waals surface area contributed by atoms with E-state index >= 15 is 0 Å². The molecule has 0 aromatic carbocycles. The third-order valence-corrected chi connectivity index (χ3v) is 3.03. The Hall–Kier alpha value is -0.710. The molecule has 0 aromatic rings. The van der Waals surface area contributed by atoms with Gasteiger partial charge in [-0.1, -0.05) is 19.3 Å². The normalized spacial score (nSPS) is 21.1. The van der Waals surface area contributed by atoms with Gasteiger partial charge in [0, 0.05) is 0 Å². The van der Waals surface area contributed by atoms with Crippen LogP contribution in [0.1, 0.15) is 32.1 Å². The predicted molar refractivity (Wildman–Crippen MR) is 51.5 cm³/mol. The first kappa shape index (κ1) is 12.4. The van der Waals surface area contributed by atoms with E-state index in [4.69, 9.17) is 5.73 Å². The molecule has 0 spiro atoms. The average molecular weight is 221 g/mol. The van der Waals surface area contributed by atoms with Crippen molar-refractivity contribution in [2.24, 2.45) is 11.7 Å². The molecule has 0 aliphatic heterocycles. The molecule has 2 N–H and O–H groups in total. The quantitative estimate of drug-likeness (QED) is 0.738. The number of ether oxygens (including phenoxy) is 1. The van der Waals surface area contributed by atoms with Crippen LogP contribution in [0.4, 0.5) is 8.78 Å². The van der Waals surface area contributed by atoms with Crippen LogP contribution in [-0.4, -0.2) is 25.0 Å². The first-order valence-electron chi connectivity index (χ1n) is 5.22. The van der Waals surface area contributed by atoms with E-state index < -0.39 is 17.9 Å². The van der Waals surface area contributed by atoms with Crippen molar-refractivity contribution in [1.29, 1.82) is 0 Å². The summed E-state index contributed by atoms with van der Waals surface area (Å²) in [5, 5.41) is 0. The highest BCUT2D eigenvalue weighted by Crippen LogP contribution is 2.33. The number of carbonyl (C=O) groups is 1. The standard InChI is InChI=1S/C10H17F2NO2/c1-15-9(14)10(11,12)8(13)7-5-3-2-4-6-7/h7-8H,2-6,13H2,1H3. The summed E-state index contributed by atoms with van der Waals surface area (Å²) in [6.07, 6.45) is 4.24. The van der Waals surface area contributed by atoms with E-state index in [0.717, 1.165) is 26.4 Å². The van der Waals surface area contributed by atoms with Crippen LogP contribution < -0.4 is 5.73 Å². The molecule has 15 heavy (non-hydrogen) atoms. The Kier molecular flexibility index (Phi) is 4.02. The average Bonchev–Trinajstić information content (AvgIpc) is 2.28. The lowest BCUT2D eigenvalue weighted by Gasteiger charge is -2.31. The first-order valence-corrected chi connectivity index (χ1v) is 5.22. The second-order valence-electron chi connectivity index (χ2n) is 4.04. The fourth-order valence-corrected chi connectivity index (χ4v) is 2.06. The number of esters is 1. The summed E-state index contributed by atoms with van der Waals surface area (Å²) < 4.78 is 30.9. The van der Waals surface area contributed by atoms with Crippen molar-refractivity contribution >= 4 is 5.97 Å². The van der Waals surface area contributed by atoms with Gasteiger partial charge in [-0.2, -0.15) is 8.78 Å². The third kappa shape index (κ3) is 2.65. The van der Waals surface area contributed by atoms with Gasteiger partial charge in [0.2, 0.25) is 0 Å². The Morgan fingerprint density at radius 2 is 1.93 bits per heavy atom. The zero-order chi connectivity index (χ0) is 11.5. The van der Waals surface area contributed by atoms with Crippen LogP contribution in [0.3, 0.4) is 0 Å². The van der Waals surface area contributed by atoms with Crippen LogP contribution in [0.5, 0.6) is 0 Å². The molecule has 1 aliphatic carbocycles. The number of rotatable bonds is 3. The van der Waals surface area contributed by atoms with Crippen LogP contribution >= 0.6 is 0 Å². The highest BCUT2D eigenvalue weighted by Gasteiger charge is 2.49. The van der Waals surface area contributed by atoms with Gasteiger partial charge >= 0.3 is 11.9 Å². The van der Waals surface area contributed by atoms with E-state index in [1.807, 2.05) is 0 Å². The fourth-order valence-electron chi connectivity index (χ4n) is 2.06. The zero-order valence-corrected chi connectivity index (χ0v) is 8.84. The molecule has 0 amide bonds. The van der Waals surface area contributed by atoms with E-state index in [0.29, 0.717) is 12.8 Å². The first-order chi connectivity index (χ1) is 7.00. The van der Waals surface area contributed by atoms with Crippen LogP contribution in [0.25, 0.3) is 0 Å². The van der Waals surface area contributed by atoms with Crippen LogP contribution in [0.2, 0.25) is 0 Å². The summed E-state index contributed by atoms with van der Waals surface area (Å²) in [7, 11) is 0.948. The van der Waals surface area contributed by atoms with Gasteiger partial charge in [0.1, 0.15) is 0 Å². The Morgan fingerprint density at radius 1 is 1.40 bits per heavy atom. The predicted octanol–water partition coefficient (Wildman–Crippen LogP) is 1.70. The molecule has 88 valence electrons. The maximum absolute atomic E-state index is 13.4. The number of hydrogen-bond acceptors (Lipinski definition) is 3. The van der Waals surface area contributed by atoms with E-state index in [2.05, 4.69) is 4.74 Å². The molecular formula is C10H17F2NO2. The summed E-state index contributed by atoms with van der Waals surface area (Å²) >= 11 is 0. The van der Waals surface area contributed by atoms with Gasteiger partial charge in [0.05, 0.1) is 13.2 Å². The van der Waals surface area contributed by atoms with Gasteiger partial charge in [0.15, 0.2) is 0 Å². The van der Waals surface area contributed by atoms with Gasteiger partial charge in [-0.15, -0.1) is 0 Å². The minimum Gasteiger partial charge on any atom is -0.465 e. The molecule has 1 fully saturated rings. The van der Waals surface area contributed by atoms with Gasteiger partial charge in [-0.25, -0.2) is 4.79 Å². The molecule has 5 heteroatoms. The molecule has 3 nitrogen and oxygen atoms in total. The zero-order valence-electron chi connectivity index (χ0n) is 8.84. The number of methoxy groups -OCH3 is 1. The fraction of sp³-hybridized carbons (Fsp3) is 0.900. The molecule has 0 aromatic heterocycles. The molecule has 0 bridgehead atoms. The Morgan fingerprint density at radius 3 is 2.40 bits per heavy atom. The smallest absolute Gasteiger partial charge is 0.378 e. The van der Waals surface area contributed by atoms with Crippen LogP contribution in [0, 0.1) is 5.92 Å². The number of halogens is 2. The van der Waals surface area contributed by atoms with Gasteiger partial charge < -0.3 is 10.5 Å². The molecule has 1 saturated carbocycles. The molecule has 1 rings (SSSR count). The van der Waals surface area contributed by atoms with Gasteiger partial charge in [0.25, 0.3) is 0 Å². The Labute approximate surface area is 88.0 Å². The lowest BCUT2D eigenvalue weighted by atomic mass is 9.82. The molecule has 0 heterocycles. The number of carbonyl (C=O) groups excluding carboxylic acids is 1. The van der Waals surface area contributed by atoms with E-state index in [9.17, 15) is 13.6 Å². The lowest BCUT2D eigenvalue weighted by molar-refractivity contribution is -0.174. The Balaban J connectivity index is 2.64. The SMILES string of the molecule is COC(=O)C(F)(F)C(N)C1CCCCC1.